The van der Waals surface area contributed by atoms with Gasteiger partial charge in [0.05, 0.1) is 5.69 Å². The predicted molar refractivity (Wildman–Crippen MR) is 64.3 cm³/mol. The van der Waals surface area contributed by atoms with Crippen molar-refractivity contribution in [3.63, 3.8) is 0 Å². The van der Waals surface area contributed by atoms with Gasteiger partial charge in [-0.3, -0.25) is 0 Å². The molecule has 1 heterocycles. The van der Waals surface area contributed by atoms with E-state index in [9.17, 15) is 0 Å². The topological polar surface area (TPSA) is 24.9 Å². The molecule has 3 heteroatoms. The second kappa shape index (κ2) is 4.78. The van der Waals surface area contributed by atoms with Crippen LogP contribution in [0.25, 0.3) is 0 Å². The van der Waals surface area contributed by atoms with Crippen LogP contribution in [0.1, 0.15) is 44.2 Å². The van der Waals surface area contributed by atoms with E-state index in [0.717, 1.165) is 11.6 Å². The Morgan fingerprint density at radius 1 is 1.29 bits per heavy atom. The zero-order valence-electron chi connectivity index (χ0n) is 9.72. The molecule has 0 radical (unpaired) electrons. The van der Waals surface area contributed by atoms with Crippen molar-refractivity contribution in [3.05, 3.63) is 10.6 Å². The Morgan fingerprint density at radius 2 is 1.93 bits per heavy atom. The summed E-state index contributed by atoms with van der Waals surface area (Å²) < 4.78 is 0. The molecule has 0 saturated carbocycles. The molecule has 1 rings (SSSR count). The Balaban J connectivity index is 2.93. The number of nitrogens with zero attached hydrogens (tertiary/aromatic N) is 1. The highest BCUT2D eigenvalue weighted by Gasteiger charge is 2.14. The van der Waals surface area contributed by atoms with Crippen LogP contribution in [0.2, 0.25) is 0 Å². The fraction of sp³-hybridized carbons (Fsp3) is 0.727. The maximum Gasteiger partial charge on any atom is 0.182 e. The Bertz CT molecular complexity index is 289. The minimum atomic E-state index is 0.586. The van der Waals surface area contributed by atoms with Crippen molar-refractivity contribution in [1.29, 1.82) is 0 Å². The summed E-state index contributed by atoms with van der Waals surface area (Å²) in [5.41, 5.74) is 1.28. The van der Waals surface area contributed by atoms with Crippen LogP contribution in [0, 0.1) is 5.92 Å². The van der Waals surface area contributed by atoms with Crippen molar-refractivity contribution in [2.75, 3.05) is 12.4 Å². The van der Waals surface area contributed by atoms with E-state index < -0.39 is 0 Å². The first kappa shape index (κ1) is 11.5. The Morgan fingerprint density at radius 3 is 2.36 bits per heavy atom. The molecule has 2 nitrogen and oxygen atoms in total. The van der Waals surface area contributed by atoms with Gasteiger partial charge in [-0.2, -0.15) is 0 Å². The van der Waals surface area contributed by atoms with Crippen LogP contribution in [0.4, 0.5) is 5.13 Å². The van der Waals surface area contributed by atoms with E-state index in [-0.39, 0.29) is 0 Å². The Kier molecular flexibility index (Phi) is 3.93. The number of hydrogen-bond acceptors (Lipinski definition) is 3. The van der Waals surface area contributed by atoms with Gasteiger partial charge in [-0.1, -0.05) is 27.7 Å². The summed E-state index contributed by atoms with van der Waals surface area (Å²) in [6.45, 7) is 8.94. The zero-order chi connectivity index (χ0) is 10.7. The summed E-state index contributed by atoms with van der Waals surface area (Å²) in [4.78, 5) is 6.03. The smallest absolute Gasteiger partial charge is 0.182 e. The van der Waals surface area contributed by atoms with Gasteiger partial charge >= 0.3 is 0 Å². The van der Waals surface area contributed by atoms with Gasteiger partial charge in [-0.25, -0.2) is 4.98 Å². The highest BCUT2D eigenvalue weighted by atomic mass is 32.1. The van der Waals surface area contributed by atoms with Crippen molar-refractivity contribution < 1.29 is 0 Å². The molecule has 80 valence electrons. The molecule has 0 bridgehead atoms. The zero-order valence-corrected chi connectivity index (χ0v) is 10.5. The molecule has 0 atom stereocenters. The van der Waals surface area contributed by atoms with Gasteiger partial charge < -0.3 is 5.32 Å². The van der Waals surface area contributed by atoms with Crippen LogP contribution >= 0.6 is 11.3 Å². The van der Waals surface area contributed by atoms with Gasteiger partial charge in [0.2, 0.25) is 0 Å². The largest absolute Gasteiger partial charge is 0.365 e. The van der Waals surface area contributed by atoms with E-state index in [1.165, 1.54) is 10.6 Å². The van der Waals surface area contributed by atoms with Gasteiger partial charge in [-0.15, -0.1) is 11.3 Å². The number of aromatic nitrogens is 1. The molecular weight excluding hydrogens is 192 g/mol. The lowest BCUT2D eigenvalue weighted by atomic mass is 10.0. The van der Waals surface area contributed by atoms with E-state index in [2.05, 4.69) is 38.0 Å². The standard InChI is InChI=1S/C11H20N2S/c1-7(2)6-9-10(8(3)4)14-11(12-5)13-9/h7-8H,6H2,1-5H3,(H,12,13). The lowest BCUT2D eigenvalue weighted by Crippen LogP contribution is -1.99. The number of nitrogens with one attached hydrogen (secondary N) is 1. The summed E-state index contributed by atoms with van der Waals surface area (Å²) in [5.74, 6) is 1.27. The summed E-state index contributed by atoms with van der Waals surface area (Å²) in [6.07, 6.45) is 1.09. The first-order valence-electron chi connectivity index (χ1n) is 5.22. The van der Waals surface area contributed by atoms with E-state index >= 15 is 0 Å². The van der Waals surface area contributed by atoms with Gasteiger partial charge in [-0.05, 0) is 18.3 Å². The van der Waals surface area contributed by atoms with Crippen molar-refractivity contribution in [1.82, 2.24) is 4.98 Å². The molecule has 1 aromatic heterocycles. The second-order valence-corrected chi connectivity index (χ2v) is 5.36. The summed E-state index contributed by atoms with van der Waals surface area (Å²) >= 11 is 1.79. The number of rotatable bonds is 4. The minimum absolute atomic E-state index is 0.586. The molecule has 1 aromatic rings. The molecule has 0 unspecified atom stereocenters. The third kappa shape index (κ3) is 2.71. The SMILES string of the molecule is CNc1nc(CC(C)C)c(C(C)C)s1. The molecule has 0 spiro atoms. The normalized spacial score (nSPS) is 11.4. The van der Waals surface area contributed by atoms with Crippen molar-refractivity contribution in [2.24, 2.45) is 5.92 Å². The van der Waals surface area contributed by atoms with E-state index in [1.54, 1.807) is 11.3 Å². The second-order valence-electron chi connectivity index (χ2n) is 4.33. The minimum Gasteiger partial charge on any atom is -0.365 e. The monoisotopic (exact) mass is 212 g/mol. The fourth-order valence-corrected chi connectivity index (χ4v) is 2.40. The molecule has 0 amide bonds. The third-order valence-corrected chi connectivity index (χ3v) is 3.48. The summed E-state index contributed by atoms with van der Waals surface area (Å²) in [5, 5.41) is 4.17. The average Bonchev–Trinajstić information content (AvgIpc) is 2.46. The van der Waals surface area contributed by atoms with Crippen LogP contribution in [0.3, 0.4) is 0 Å². The molecule has 1 N–H and O–H groups in total. The van der Waals surface area contributed by atoms with Crippen molar-refractivity contribution in [3.8, 4) is 0 Å². The van der Waals surface area contributed by atoms with Crippen LogP contribution in [0.15, 0.2) is 0 Å². The molecule has 0 aromatic carbocycles. The molecule has 0 saturated heterocycles. The molecule has 0 aliphatic rings. The third-order valence-electron chi connectivity index (χ3n) is 2.07. The number of hydrogen-bond donors (Lipinski definition) is 1. The fourth-order valence-electron chi connectivity index (χ4n) is 1.45. The summed E-state index contributed by atoms with van der Waals surface area (Å²) in [6, 6.07) is 0. The van der Waals surface area contributed by atoms with Gasteiger partial charge in [0.15, 0.2) is 5.13 Å². The highest BCUT2D eigenvalue weighted by molar-refractivity contribution is 7.15. The van der Waals surface area contributed by atoms with Crippen molar-refractivity contribution >= 4 is 16.5 Å². The predicted octanol–water partition coefficient (Wildman–Crippen LogP) is 3.51. The maximum atomic E-state index is 4.60. The van der Waals surface area contributed by atoms with Crippen LogP contribution in [0.5, 0.6) is 0 Å². The molecule has 14 heavy (non-hydrogen) atoms. The molecule has 0 aliphatic heterocycles. The molecular formula is C11H20N2S. The number of thiazole rings is 1. The first-order valence-corrected chi connectivity index (χ1v) is 6.03. The van der Waals surface area contributed by atoms with Crippen molar-refractivity contribution in [2.45, 2.75) is 40.0 Å². The van der Waals surface area contributed by atoms with E-state index in [0.29, 0.717) is 11.8 Å². The number of anilines is 1. The Hall–Kier alpha value is -0.570. The van der Waals surface area contributed by atoms with E-state index in [4.69, 9.17) is 0 Å². The first-order chi connectivity index (χ1) is 6.54. The van der Waals surface area contributed by atoms with Crippen LogP contribution in [-0.2, 0) is 6.42 Å². The summed E-state index contributed by atoms with van der Waals surface area (Å²) in [7, 11) is 1.93. The lowest BCUT2D eigenvalue weighted by molar-refractivity contribution is 0.630. The quantitative estimate of drug-likeness (QED) is 0.826. The van der Waals surface area contributed by atoms with E-state index in [1.807, 2.05) is 7.05 Å². The van der Waals surface area contributed by atoms with Crippen LogP contribution in [-0.4, -0.2) is 12.0 Å². The molecule has 0 fully saturated rings. The van der Waals surface area contributed by atoms with Crippen LogP contribution < -0.4 is 5.32 Å². The average molecular weight is 212 g/mol. The maximum absolute atomic E-state index is 4.60. The molecule has 0 aliphatic carbocycles. The van der Waals surface area contributed by atoms with Gasteiger partial charge in [0, 0.05) is 11.9 Å². The lowest BCUT2D eigenvalue weighted by Gasteiger charge is -2.06. The van der Waals surface area contributed by atoms with Gasteiger partial charge in [0.1, 0.15) is 0 Å². The van der Waals surface area contributed by atoms with Gasteiger partial charge in [0.25, 0.3) is 0 Å². The highest BCUT2D eigenvalue weighted by Crippen LogP contribution is 2.30. The Labute approximate surface area is 90.8 Å².